The molecule has 0 heterocycles. The van der Waals surface area contributed by atoms with E-state index in [2.05, 4.69) is 17.4 Å². The molecule has 1 aliphatic carbocycles. The molecule has 4 heteroatoms. The summed E-state index contributed by atoms with van der Waals surface area (Å²) < 4.78 is 5.63. The number of aliphatic carboxylic acids is 1. The number of carbonyl (C=O) groups is 1. The molecule has 2 N–H and O–H groups in total. The van der Waals surface area contributed by atoms with Crippen LogP contribution in [-0.2, 0) is 16.0 Å². The molecule has 1 aromatic rings. The summed E-state index contributed by atoms with van der Waals surface area (Å²) in [7, 11) is 1.71. The first-order valence-electron chi connectivity index (χ1n) is 7.23. The van der Waals surface area contributed by atoms with Crippen molar-refractivity contribution >= 4 is 5.97 Å². The molecule has 0 spiro atoms. The first kappa shape index (κ1) is 15.0. The summed E-state index contributed by atoms with van der Waals surface area (Å²) in [4.78, 5) is 11.5. The van der Waals surface area contributed by atoms with Gasteiger partial charge >= 0.3 is 5.97 Å². The van der Waals surface area contributed by atoms with Crippen molar-refractivity contribution in [1.29, 1.82) is 0 Å². The van der Waals surface area contributed by atoms with Crippen LogP contribution in [0, 0.1) is 5.92 Å². The topological polar surface area (TPSA) is 58.6 Å². The minimum Gasteiger partial charge on any atom is -0.480 e. The lowest BCUT2D eigenvalue weighted by Crippen LogP contribution is -2.56. The van der Waals surface area contributed by atoms with E-state index in [1.54, 1.807) is 7.05 Å². The van der Waals surface area contributed by atoms with Gasteiger partial charge in [0.05, 0.1) is 6.61 Å². The molecule has 0 aromatic heterocycles. The second-order valence-electron chi connectivity index (χ2n) is 5.44. The van der Waals surface area contributed by atoms with E-state index in [9.17, 15) is 9.90 Å². The van der Waals surface area contributed by atoms with E-state index in [1.807, 2.05) is 18.2 Å². The van der Waals surface area contributed by atoms with Gasteiger partial charge in [0.2, 0.25) is 0 Å². The minimum atomic E-state index is -0.896. The molecule has 4 nitrogen and oxygen atoms in total. The van der Waals surface area contributed by atoms with Crippen LogP contribution in [-0.4, -0.2) is 36.9 Å². The number of aryl methyl sites for hydroxylation is 1. The van der Waals surface area contributed by atoms with Crippen molar-refractivity contribution < 1.29 is 14.6 Å². The van der Waals surface area contributed by atoms with Crippen LogP contribution < -0.4 is 5.32 Å². The minimum absolute atomic E-state index is 0.208. The number of carboxylic acid groups (broad SMARTS) is 1. The summed E-state index contributed by atoms with van der Waals surface area (Å²) in [6.07, 6.45) is 3.82. The number of carboxylic acids is 1. The maximum Gasteiger partial charge on any atom is 0.326 e. The first-order chi connectivity index (χ1) is 9.69. The molecular weight excluding hydrogens is 254 g/mol. The standard InChI is InChI=1S/C16H23NO3/c1-17-16(15(18)19,14-9-10-14)12-20-11-5-8-13-6-3-2-4-7-13/h2-4,6-7,14,17H,5,8-12H2,1H3,(H,18,19). The molecule has 0 bridgehead atoms. The Bertz CT molecular complexity index is 431. The zero-order valence-corrected chi connectivity index (χ0v) is 12.0. The molecular formula is C16H23NO3. The van der Waals surface area contributed by atoms with Crippen LogP contribution >= 0.6 is 0 Å². The average Bonchev–Trinajstić information content (AvgIpc) is 3.29. The van der Waals surface area contributed by atoms with Crippen LogP contribution in [0.25, 0.3) is 0 Å². The fourth-order valence-electron chi connectivity index (χ4n) is 2.57. The van der Waals surface area contributed by atoms with Gasteiger partial charge in [-0.1, -0.05) is 30.3 Å². The van der Waals surface area contributed by atoms with Gasteiger partial charge in [0.15, 0.2) is 0 Å². The van der Waals surface area contributed by atoms with Crippen LogP contribution in [0.3, 0.4) is 0 Å². The smallest absolute Gasteiger partial charge is 0.326 e. The molecule has 0 amide bonds. The second kappa shape index (κ2) is 6.86. The van der Waals surface area contributed by atoms with Gasteiger partial charge in [-0.15, -0.1) is 0 Å². The van der Waals surface area contributed by atoms with Crippen LogP contribution in [0.4, 0.5) is 0 Å². The maximum absolute atomic E-state index is 11.5. The van der Waals surface area contributed by atoms with E-state index in [1.165, 1.54) is 5.56 Å². The van der Waals surface area contributed by atoms with Gasteiger partial charge in [0, 0.05) is 6.61 Å². The Morgan fingerprint density at radius 2 is 2.10 bits per heavy atom. The zero-order chi connectivity index (χ0) is 14.4. The largest absolute Gasteiger partial charge is 0.480 e. The van der Waals surface area contributed by atoms with Gasteiger partial charge < -0.3 is 15.2 Å². The molecule has 1 fully saturated rings. The Hall–Kier alpha value is -1.39. The summed E-state index contributed by atoms with van der Waals surface area (Å²) in [6, 6.07) is 10.3. The second-order valence-corrected chi connectivity index (χ2v) is 5.44. The number of hydrogen-bond donors (Lipinski definition) is 2. The van der Waals surface area contributed by atoms with Crippen LogP contribution in [0.15, 0.2) is 30.3 Å². The Balaban J connectivity index is 1.73. The lowest BCUT2D eigenvalue weighted by atomic mass is 9.94. The fraction of sp³-hybridized carbons (Fsp3) is 0.562. The van der Waals surface area contributed by atoms with E-state index in [0.29, 0.717) is 6.61 Å². The molecule has 1 atom stereocenters. The average molecular weight is 277 g/mol. The highest BCUT2D eigenvalue weighted by molar-refractivity contribution is 5.80. The van der Waals surface area contributed by atoms with Crippen LogP contribution in [0.2, 0.25) is 0 Å². The third kappa shape index (κ3) is 3.58. The Morgan fingerprint density at radius 1 is 1.40 bits per heavy atom. The molecule has 1 saturated carbocycles. The van der Waals surface area contributed by atoms with E-state index in [0.717, 1.165) is 25.7 Å². The number of rotatable bonds is 9. The number of ether oxygens (including phenoxy) is 1. The monoisotopic (exact) mass is 277 g/mol. The molecule has 1 aliphatic rings. The lowest BCUT2D eigenvalue weighted by Gasteiger charge is -2.28. The zero-order valence-electron chi connectivity index (χ0n) is 12.0. The van der Waals surface area contributed by atoms with Gasteiger partial charge in [0.1, 0.15) is 5.54 Å². The maximum atomic E-state index is 11.5. The van der Waals surface area contributed by atoms with E-state index in [-0.39, 0.29) is 12.5 Å². The first-order valence-corrected chi connectivity index (χ1v) is 7.23. The van der Waals surface area contributed by atoms with Crippen molar-refractivity contribution in [1.82, 2.24) is 5.32 Å². The summed E-state index contributed by atoms with van der Waals surface area (Å²) in [5, 5.41) is 12.4. The molecule has 2 rings (SSSR count). The summed E-state index contributed by atoms with van der Waals surface area (Å²) >= 11 is 0. The number of nitrogens with one attached hydrogen (secondary N) is 1. The van der Waals surface area contributed by atoms with Crippen molar-refractivity contribution in [2.24, 2.45) is 5.92 Å². The van der Waals surface area contributed by atoms with Gasteiger partial charge in [-0.2, -0.15) is 0 Å². The van der Waals surface area contributed by atoms with Crippen molar-refractivity contribution in [3.8, 4) is 0 Å². The van der Waals surface area contributed by atoms with Crippen molar-refractivity contribution in [3.63, 3.8) is 0 Å². The highest BCUT2D eigenvalue weighted by atomic mass is 16.5. The highest BCUT2D eigenvalue weighted by Gasteiger charge is 2.50. The summed E-state index contributed by atoms with van der Waals surface area (Å²) in [6.45, 7) is 0.844. The fourth-order valence-corrected chi connectivity index (χ4v) is 2.57. The van der Waals surface area contributed by atoms with Gasteiger partial charge in [-0.3, -0.25) is 4.79 Å². The number of hydrogen-bond acceptors (Lipinski definition) is 3. The van der Waals surface area contributed by atoms with Gasteiger partial charge in [0.25, 0.3) is 0 Å². The van der Waals surface area contributed by atoms with Gasteiger partial charge in [-0.25, -0.2) is 0 Å². The van der Waals surface area contributed by atoms with E-state index >= 15 is 0 Å². The summed E-state index contributed by atoms with van der Waals surface area (Å²) in [5.74, 6) is -0.593. The molecule has 110 valence electrons. The van der Waals surface area contributed by atoms with Crippen molar-refractivity contribution in [2.45, 2.75) is 31.2 Å². The molecule has 1 unspecified atom stereocenters. The number of benzene rings is 1. The lowest BCUT2D eigenvalue weighted by molar-refractivity contribution is -0.148. The third-order valence-electron chi connectivity index (χ3n) is 4.03. The molecule has 0 saturated heterocycles. The molecule has 0 radical (unpaired) electrons. The van der Waals surface area contributed by atoms with Crippen LogP contribution in [0.5, 0.6) is 0 Å². The highest BCUT2D eigenvalue weighted by Crippen LogP contribution is 2.40. The molecule has 1 aromatic carbocycles. The predicted octanol–water partition coefficient (Wildman–Crippen LogP) is 2.09. The van der Waals surface area contributed by atoms with E-state index < -0.39 is 11.5 Å². The summed E-state index contributed by atoms with van der Waals surface area (Å²) in [5.41, 5.74) is 0.392. The molecule has 20 heavy (non-hydrogen) atoms. The van der Waals surface area contributed by atoms with Gasteiger partial charge in [-0.05, 0) is 44.2 Å². The Labute approximate surface area is 120 Å². The number of likely N-dealkylation sites (N-methyl/N-ethyl adjacent to an activating group) is 1. The normalized spacial score (nSPS) is 17.6. The third-order valence-corrected chi connectivity index (χ3v) is 4.03. The molecule has 0 aliphatic heterocycles. The van der Waals surface area contributed by atoms with Crippen molar-refractivity contribution in [2.75, 3.05) is 20.3 Å². The van der Waals surface area contributed by atoms with Crippen molar-refractivity contribution in [3.05, 3.63) is 35.9 Å². The SMILES string of the molecule is CNC(COCCCc1ccccc1)(C(=O)O)C1CC1. The van der Waals surface area contributed by atoms with E-state index in [4.69, 9.17) is 4.74 Å². The van der Waals surface area contributed by atoms with Crippen LogP contribution in [0.1, 0.15) is 24.8 Å². The quantitative estimate of drug-likeness (QED) is 0.679. The Kier molecular flexibility index (Phi) is 5.15. The Morgan fingerprint density at radius 3 is 2.65 bits per heavy atom. The predicted molar refractivity (Wildman–Crippen MR) is 77.7 cm³/mol.